The summed E-state index contributed by atoms with van der Waals surface area (Å²) >= 11 is 0. The van der Waals surface area contributed by atoms with Gasteiger partial charge in [0.2, 0.25) is 0 Å². The second-order valence-corrected chi connectivity index (χ2v) is 6.45. The van der Waals surface area contributed by atoms with Crippen LogP contribution in [0.15, 0.2) is 42.6 Å². The van der Waals surface area contributed by atoms with Crippen molar-refractivity contribution in [1.82, 2.24) is 15.2 Å². The highest BCUT2D eigenvalue weighted by molar-refractivity contribution is 5.82. The van der Waals surface area contributed by atoms with Crippen molar-refractivity contribution in [2.24, 2.45) is 0 Å². The van der Waals surface area contributed by atoms with Crippen LogP contribution in [-0.4, -0.2) is 54.1 Å². The number of halogens is 1. The van der Waals surface area contributed by atoms with E-state index in [1.165, 1.54) is 24.3 Å². The molecule has 1 aliphatic heterocycles. The van der Waals surface area contributed by atoms with Gasteiger partial charge in [-0.2, -0.15) is 0 Å². The highest BCUT2D eigenvalue weighted by atomic mass is 19.1. The van der Waals surface area contributed by atoms with Crippen LogP contribution < -0.4 is 10.2 Å². The third-order valence-corrected chi connectivity index (χ3v) is 4.56. The minimum absolute atomic E-state index is 0.270. The molecule has 0 spiro atoms. The fourth-order valence-corrected chi connectivity index (χ4v) is 2.95. The number of rotatable bonds is 5. The van der Waals surface area contributed by atoms with Gasteiger partial charge in [-0.3, -0.25) is 4.79 Å². The van der Waals surface area contributed by atoms with Crippen LogP contribution >= 0.6 is 0 Å². The lowest BCUT2D eigenvalue weighted by molar-refractivity contribution is -0.129. The Balaban J connectivity index is 1.64. The lowest BCUT2D eigenvalue weighted by Crippen LogP contribution is -2.45. The summed E-state index contributed by atoms with van der Waals surface area (Å²) in [7, 11) is 2.09. The Morgan fingerprint density at radius 1 is 1.23 bits per heavy atom. The van der Waals surface area contributed by atoms with Crippen LogP contribution in [-0.2, 0) is 11.3 Å². The van der Waals surface area contributed by atoms with Crippen LogP contribution in [0.1, 0.15) is 17.2 Å². The van der Waals surface area contributed by atoms with Gasteiger partial charge in [0.1, 0.15) is 11.6 Å². The monoisotopic (exact) mass is 358 g/mol. The van der Waals surface area contributed by atoms with Gasteiger partial charge >= 0.3 is 0 Å². The number of nitrogens with zero attached hydrogens (tertiary/aromatic N) is 3. The zero-order valence-corrected chi connectivity index (χ0v) is 14.7. The van der Waals surface area contributed by atoms with Gasteiger partial charge in [0.05, 0.1) is 0 Å². The lowest BCUT2D eigenvalue weighted by atomic mass is 10.1. The van der Waals surface area contributed by atoms with Crippen molar-refractivity contribution in [3.8, 4) is 0 Å². The molecule has 1 aliphatic rings. The number of nitrogens with one attached hydrogen (secondary N) is 1. The standard InChI is InChI=1S/C19H23FN4O2/c1-23-9-11-24(12-10-23)18-15(3-2-8-21-18)13-22-19(26)17(25)14-4-6-16(20)7-5-14/h2-8,17,25H,9-13H2,1H3,(H,22,26)/t17-/m0/s1. The molecule has 1 amide bonds. The second-order valence-electron chi connectivity index (χ2n) is 6.45. The van der Waals surface area contributed by atoms with Gasteiger partial charge in [0.15, 0.2) is 6.10 Å². The van der Waals surface area contributed by atoms with E-state index in [2.05, 4.69) is 27.1 Å². The zero-order chi connectivity index (χ0) is 18.5. The van der Waals surface area contributed by atoms with Gasteiger partial charge in [-0.1, -0.05) is 18.2 Å². The van der Waals surface area contributed by atoms with Crippen molar-refractivity contribution < 1.29 is 14.3 Å². The summed E-state index contributed by atoms with van der Waals surface area (Å²) in [4.78, 5) is 21.2. The molecular formula is C19H23FN4O2. The van der Waals surface area contributed by atoms with Gasteiger partial charge in [-0.05, 0) is 30.8 Å². The average molecular weight is 358 g/mol. The van der Waals surface area contributed by atoms with Gasteiger partial charge in [-0.15, -0.1) is 0 Å². The van der Waals surface area contributed by atoms with E-state index in [1.54, 1.807) is 6.20 Å². The number of amides is 1. The molecule has 1 saturated heterocycles. The predicted octanol–water partition coefficient (Wildman–Crippen LogP) is 1.32. The molecule has 1 aromatic heterocycles. The molecule has 2 N–H and O–H groups in total. The van der Waals surface area contributed by atoms with Crippen LogP contribution in [0, 0.1) is 5.82 Å². The highest BCUT2D eigenvalue weighted by Crippen LogP contribution is 2.19. The van der Waals surface area contributed by atoms with Crippen molar-refractivity contribution in [3.05, 3.63) is 59.5 Å². The maximum atomic E-state index is 13.0. The normalized spacial score (nSPS) is 16.3. The Morgan fingerprint density at radius 2 is 1.92 bits per heavy atom. The van der Waals surface area contributed by atoms with E-state index >= 15 is 0 Å². The van der Waals surface area contributed by atoms with Crippen molar-refractivity contribution in [3.63, 3.8) is 0 Å². The Kier molecular flexibility index (Phi) is 5.80. The average Bonchev–Trinajstić information content (AvgIpc) is 2.67. The van der Waals surface area contributed by atoms with Crippen LogP contribution in [0.5, 0.6) is 0 Å². The van der Waals surface area contributed by atoms with E-state index in [-0.39, 0.29) is 6.54 Å². The fourth-order valence-electron chi connectivity index (χ4n) is 2.95. The summed E-state index contributed by atoms with van der Waals surface area (Å²) in [6.45, 7) is 3.96. The van der Waals surface area contributed by atoms with Gasteiger partial charge in [0.25, 0.3) is 5.91 Å². The van der Waals surface area contributed by atoms with E-state index in [0.717, 1.165) is 37.6 Å². The summed E-state index contributed by atoms with van der Waals surface area (Å²) in [6.07, 6.45) is 0.408. The molecule has 0 aliphatic carbocycles. The number of hydrogen-bond acceptors (Lipinski definition) is 5. The number of aliphatic hydroxyl groups is 1. The smallest absolute Gasteiger partial charge is 0.253 e. The number of likely N-dealkylation sites (N-methyl/N-ethyl adjacent to an activating group) is 1. The number of pyridine rings is 1. The number of anilines is 1. The first-order chi connectivity index (χ1) is 12.5. The fraction of sp³-hybridized carbons (Fsp3) is 0.368. The SMILES string of the molecule is CN1CCN(c2ncccc2CNC(=O)[C@@H](O)c2ccc(F)cc2)CC1. The second kappa shape index (κ2) is 8.25. The number of aromatic nitrogens is 1. The quantitative estimate of drug-likeness (QED) is 0.844. The molecule has 1 fully saturated rings. The summed E-state index contributed by atoms with van der Waals surface area (Å²) in [5.74, 6) is -0.0736. The minimum Gasteiger partial charge on any atom is -0.378 e. The molecular weight excluding hydrogens is 335 g/mol. The van der Waals surface area contributed by atoms with Crippen molar-refractivity contribution in [2.75, 3.05) is 38.1 Å². The van der Waals surface area contributed by atoms with E-state index in [1.807, 2.05) is 12.1 Å². The molecule has 6 nitrogen and oxygen atoms in total. The molecule has 0 radical (unpaired) electrons. The molecule has 138 valence electrons. The third kappa shape index (κ3) is 4.36. The maximum Gasteiger partial charge on any atom is 0.253 e. The number of piperazine rings is 1. The summed E-state index contributed by atoms with van der Waals surface area (Å²) in [5, 5.41) is 12.9. The lowest BCUT2D eigenvalue weighted by Gasteiger charge is -2.34. The molecule has 2 aromatic rings. The molecule has 26 heavy (non-hydrogen) atoms. The zero-order valence-electron chi connectivity index (χ0n) is 14.7. The third-order valence-electron chi connectivity index (χ3n) is 4.56. The number of benzene rings is 1. The van der Waals surface area contributed by atoms with Gasteiger partial charge in [-0.25, -0.2) is 9.37 Å². The number of carbonyl (C=O) groups excluding carboxylic acids is 1. The molecule has 0 saturated carbocycles. The van der Waals surface area contributed by atoms with E-state index in [0.29, 0.717) is 5.56 Å². The van der Waals surface area contributed by atoms with Crippen LogP contribution in [0.4, 0.5) is 10.2 Å². The Labute approximate surface area is 152 Å². The summed E-state index contributed by atoms with van der Waals surface area (Å²) in [6, 6.07) is 9.00. The molecule has 0 bridgehead atoms. The van der Waals surface area contributed by atoms with Crippen molar-refractivity contribution >= 4 is 11.7 Å². The molecule has 1 aromatic carbocycles. The van der Waals surface area contributed by atoms with E-state index in [4.69, 9.17) is 0 Å². The molecule has 1 atom stereocenters. The van der Waals surface area contributed by atoms with E-state index < -0.39 is 17.8 Å². The largest absolute Gasteiger partial charge is 0.378 e. The number of hydrogen-bond donors (Lipinski definition) is 2. The Bertz CT molecular complexity index is 745. The van der Waals surface area contributed by atoms with Crippen LogP contribution in [0.25, 0.3) is 0 Å². The van der Waals surface area contributed by atoms with Crippen LogP contribution in [0.3, 0.4) is 0 Å². The highest BCUT2D eigenvalue weighted by Gasteiger charge is 2.20. The van der Waals surface area contributed by atoms with Gasteiger partial charge in [0, 0.05) is 44.5 Å². The Morgan fingerprint density at radius 3 is 2.62 bits per heavy atom. The number of aliphatic hydroxyl groups excluding tert-OH is 1. The first-order valence-corrected chi connectivity index (χ1v) is 8.63. The van der Waals surface area contributed by atoms with Crippen LogP contribution in [0.2, 0.25) is 0 Å². The predicted molar refractivity (Wildman–Crippen MR) is 97.2 cm³/mol. The first-order valence-electron chi connectivity index (χ1n) is 8.63. The van der Waals surface area contributed by atoms with Crippen molar-refractivity contribution in [2.45, 2.75) is 12.6 Å². The van der Waals surface area contributed by atoms with Gasteiger partial charge < -0.3 is 20.2 Å². The molecule has 2 heterocycles. The first kappa shape index (κ1) is 18.3. The molecule has 7 heteroatoms. The molecule has 0 unspecified atom stereocenters. The summed E-state index contributed by atoms with van der Waals surface area (Å²) in [5.41, 5.74) is 1.26. The number of carbonyl (C=O) groups is 1. The molecule has 3 rings (SSSR count). The topological polar surface area (TPSA) is 68.7 Å². The minimum atomic E-state index is -1.33. The van der Waals surface area contributed by atoms with E-state index in [9.17, 15) is 14.3 Å². The summed E-state index contributed by atoms with van der Waals surface area (Å²) < 4.78 is 13.0. The maximum absolute atomic E-state index is 13.0. The Hall–Kier alpha value is -2.51. The van der Waals surface area contributed by atoms with Crippen molar-refractivity contribution in [1.29, 1.82) is 0 Å².